The number of amides is 1. The van der Waals surface area contributed by atoms with E-state index in [9.17, 15) is 9.18 Å². The molecular weight excluding hydrogens is 295 g/mol. The van der Waals surface area contributed by atoms with E-state index in [1.54, 1.807) is 11.0 Å². The molecule has 1 amide bonds. The van der Waals surface area contributed by atoms with Gasteiger partial charge < -0.3 is 14.5 Å². The molecule has 0 spiro atoms. The maximum absolute atomic E-state index is 13.4. The Hall–Kier alpha value is -1.49. The highest BCUT2D eigenvalue weighted by atomic mass is 35.5. The molecule has 0 aromatic heterocycles. The first kappa shape index (κ1) is 15.9. The van der Waals surface area contributed by atoms with Gasteiger partial charge in [-0.05, 0) is 39.0 Å². The van der Waals surface area contributed by atoms with E-state index in [0.717, 1.165) is 5.69 Å². The zero-order chi connectivity index (χ0) is 15.6. The van der Waals surface area contributed by atoms with Crippen LogP contribution in [0.4, 0.5) is 14.9 Å². The largest absolute Gasteiger partial charge is 0.444 e. The average Bonchev–Trinajstić information content (AvgIpc) is 2.35. The van der Waals surface area contributed by atoms with E-state index in [4.69, 9.17) is 16.3 Å². The molecule has 116 valence electrons. The number of ether oxygens (including phenoxy) is 1. The Bertz CT molecular complexity index is 503. The van der Waals surface area contributed by atoms with Crippen LogP contribution in [-0.4, -0.2) is 42.8 Å². The second-order valence-corrected chi connectivity index (χ2v) is 6.52. The van der Waals surface area contributed by atoms with Crippen molar-refractivity contribution in [3.05, 3.63) is 29.0 Å². The molecule has 1 heterocycles. The Balaban J connectivity index is 1.95. The lowest BCUT2D eigenvalue weighted by molar-refractivity contribution is 0.0240. The fourth-order valence-corrected chi connectivity index (χ4v) is 2.41. The molecule has 1 aliphatic heterocycles. The molecule has 4 nitrogen and oxygen atoms in total. The van der Waals surface area contributed by atoms with E-state index in [2.05, 4.69) is 0 Å². The molecule has 0 bridgehead atoms. The van der Waals surface area contributed by atoms with Gasteiger partial charge in [0, 0.05) is 36.9 Å². The van der Waals surface area contributed by atoms with Crippen LogP contribution in [0.3, 0.4) is 0 Å². The second kappa shape index (κ2) is 6.10. The number of benzene rings is 1. The predicted molar refractivity (Wildman–Crippen MR) is 81.4 cm³/mol. The fourth-order valence-electron chi connectivity index (χ4n) is 2.20. The number of piperazine rings is 1. The third-order valence-corrected chi connectivity index (χ3v) is 3.36. The van der Waals surface area contributed by atoms with Crippen LogP contribution in [0, 0.1) is 5.82 Å². The molecule has 1 aliphatic rings. The van der Waals surface area contributed by atoms with E-state index in [1.807, 2.05) is 25.7 Å². The minimum absolute atomic E-state index is 0.306. The van der Waals surface area contributed by atoms with E-state index >= 15 is 0 Å². The predicted octanol–water partition coefficient (Wildman–Crippen LogP) is 3.54. The van der Waals surface area contributed by atoms with Crippen LogP contribution in [-0.2, 0) is 4.74 Å². The minimum Gasteiger partial charge on any atom is -0.444 e. The summed E-state index contributed by atoms with van der Waals surface area (Å²) in [6, 6.07) is 4.46. The Morgan fingerprint density at radius 3 is 2.33 bits per heavy atom. The molecule has 0 unspecified atom stereocenters. The van der Waals surface area contributed by atoms with E-state index in [1.165, 1.54) is 12.1 Å². The van der Waals surface area contributed by atoms with Gasteiger partial charge in [0.05, 0.1) is 0 Å². The fraction of sp³-hybridized carbons (Fsp3) is 0.533. The van der Waals surface area contributed by atoms with Crippen LogP contribution in [0.25, 0.3) is 0 Å². The van der Waals surface area contributed by atoms with Crippen molar-refractivity contribution in [1.29, 1.82) is 0 Å². The molecule has 1 aromatic carbocycles. The van der Waals surface area contributed by atoms with Gasteiger partial charge in [-0.2, -0.15) is 0 Å². The standard InChI is InChI=1S/C15H20ClFN2O2/c1-15(2,3)21-14(20)19-6-4-18(5-7-19)13-9-11(16)8-12(17)10-13/h8-10H,4-7H2,1-3H3. The summed E-state index contributed by atoms with van der Waals surface area (Å²) in [6.45, 7) is 7.87. The van der Waals surface area contributed by atoms with E-state index in [-0.39, 0.29) is 11.9 Å². The summed E-state index contributed by atoms with van der Waals surface area (Å²) in [7, 11) is 0. The summed E-state index contributed by atoms with van der Waals surface area (Å²) in [4.78, 5) is 15.6. The molecule has 0 aliphatic carbocycles. The number of hydrogen-bond donors (Lipinski definition) is 0. The number of carbonyl (C=O) groups is 1. The topological polar surface area (TPSA) is 32.8 Å². The quantitative estimate of drug-likeness (QED) is 0.795. The normalized spacial score (nSPS) is 16.0. The van der Waals surface area contributed by atoms with E-state index in [0.29, 0.717) is 31.2 Å². The Morgan fingerprint density at radius 1 is 1.19 bits per heavy atom. The monoisotopic (exact) mass is 314 g/mol. The molecule has 0 atom stereocenters. The first-order chi connectivity index (χ1) is 9.74. The zero-order valence-corrected chi connectivity index (χ0v) is 13.3. The summed E-state index contributed by atoms with van der Waals surface area (Å²) in [5, 5.41) is 0.375. The highest BCUT2D eigenvalue weighted by molar-refractivity contribution is 6.30. The van der Waals surface area contributed by atoms with Gasteiger partial charge in [0.25, 0.3) is 0 Å². The van der Waals surface area contributed by atoms with Crippen molar-refractivity contribution in [1.82, 2.24) is 4.90 Å². The Kier molecular flexibility index (Phi) is 4.61. The smallest absolute Gasteiger partial charge is 0.410 e. The highest BCUT2D eigenvalue weighted by Gasteiger charge is 2.26. The highest BCUT2D eigenvalue weighted by Crippen LogP contribution is 2.23. The van der Waals surface area contributed by atoms with Gasteiger partial charge in [0.2, 0.25) is 0 Å². The Labute approximate surface area is 129 Å². The van der Waals surface area contributed by atoms with Gasteiger partial charge in [0.1, 0.15) is 11.4 Å². The van der Waals surface area contributed by atoms with Gasteiger partial charge in [-0.1, -0.05) is 11.6 Å². The lowest BCUT2D eigenvalue weighted by Crippen LogP contribution is -2.50. The molecular formula is C15H20ClFN2O2. The molecule has 1 aromatic rings. The van der Waals surface area contributed by atoms with Gasteiger partial charge in [0.15, 0.2) is 0 Å². The maximum atomic E-state index is 13.4. The maximum Gasteiger partial charge on any atom is 0.410 e. The molecule has 0 saturated carbocycles. The summed E-state index contributed by atoms with van der Waals surface area (Å²) in [5.74, 6) is -0.355. The summed E-state index contributed by atoms with van der Waals surface area (Å²) < 4.78 is 18.7. The summed E-state index contributed by atoms with van der Waals surface area (Å²) in [6.07, 6.45) is -0.306. The molecule has 2 rings (SSSR count). The third kappa shape index (κ3) is 4.49. The number of anilines is 1. The number of carbonyl (C=O) groups excluding carboxylic acids is 1. The number of halogens is 2. The number of rotatable bonds is 1. The second-order valence-electron chi connectivity index (χ2n) is 6.08. The van der Waals surface area contributed by atoms with Crippen LogP contribution in [0.15, 0.2) is 18.2 Å². The summed E-state index contributed by atoms with van der Waals surface area (Å²) in [5.41, 5.74) is 0.244. The van der Waals surface area contributed by atoms with Crippen LogP contribution < -0.4 is 4.90 Å². The van der Waals surface area contributed by atoms with Crippen molar-refractivity contribution in [3.63, 3.8) is 0 Å². The lowest BCUT2D eigenvalue weighted by atomic mass is 10.2. The van der Waals surface area contributed by atoms with Crippen molar-refractivity contribution in [2.24, 2.45) is 0 Å². The first-order valence-electron chi connectivity index (χ1n) is 6.93. The average molecular weight is 315 g/mol. The SMILES string of the molecule is CC(C)(C)OC(=O)N1CCN(c2cc(F)cc(Cl)c2)CC1. The van der Waals surface area contributed by atoms with Crippen LogP contribution >= 0.6 is 11.6 Å². The molecule has 0 radical (unpaired) electrons. The van der Waals surface area contributed by atoms with Gasteiger partial charge in [-0.15, -0.1) is 0 Å². The van der Waals surface area contributed by atoms with Crippen molar-refractivity contribution in [3.8, 4) is 0 Å². The zero-order valence-electron chi connectivity index (χ0n) is 12.5. The van der Waals surface area contributed by atoms with Gasteiger partial charge >= 0.3 is 6.09 Å². The van der Waals surface area contributed by atoms with Crippen LogP contribution in [0.5, 0.6) is 0 Å². The third-order valence-electron chi connectivity index (χ3n) is 3.14. The molecule has 0 N–H and O–H groups in total. The number of hydrogen-bond acceptors (Lipinski definition) is 3. The Morgan fingerprint density at radius 2 is 1.81 bits per heavy atom. The molecule has 21 heavy (non-hydrogen) atoms. The molecule has 1 fully saturated rings. The lowest BCUT2D eigenvalue weighted by Gasteiger charge is -2.36. The molecule has 6 heteroatoms. The summed E-state index contributed by atoms with van der Waals surface area (Å²) >= 11 is 5.87. The van der Waals surface area contributed by atoms with Crippen LogP contribution in [0.1, 0.15) is 20.8 Å². The minimum atomic E-state index is -0.496. The first-order valence-corrected chi connectivity index (χ1v) is 7.31. The van der Waals surface area contributed by atoms with E-state index < -0.39 is 5.60 Å². The van der Waals surface area contributed by atoms with Gasteiger partial charge in [-0.25, -0.2) is 9.18 Å². The van der Waals surface area contributed by atoms with Crippen LogP contribution in [0.2, 0.25) is 5.02 Å². The van der Waals surface area contributed by atoms with Crippen molar-refractivity contribution >= 4 is 23.4 Å². The van der Waals surface area contributed by atoms with Crippen molar-refractivity contribution in [2.75, 3.05) is 31.1 Å². The van der Waals surface area contributed by atoms with Crippen molar-refractivity contribution < 1.29 is 13.9 Å². The molecule has 1 saturated heterocycles. The van der Waals surface area contributed by atoms with Gasteiger partial charge in [-0.3, -0.25) is 0 Å². The van der Waals surface area contributed by atoms with Crippen molar-refractivity contribution in [2.45, 2.75) is 26.4 Å². The number of nitrogens with zero attached hydrogens (tertiary/aromatic N) is 2.